The molecule has 0 aliphatic carbocycles. The van der Waals surface area contributed by atoms with Gasteiger partial charge in [0.2, 0.25) is 5.91 Å². The average Bonchev–Trinajstić information content (AvgIpc) is 2.82. The second-order valence-corrected chi connectivity index (χ2v) is 8.04. The van der Waals surface area contributed by atoms with E-state index in [1.54, 1.807) is 24.3 Å². The van der Waals surface area contributed by atoms with Crippen LogP contribution in [0.4, 0.5) is 23.2 Å². The molecule has 5 nitrogen and oxygen atoms in total. The van der Waals surface area contributed by atoms with Crippen LogP contribution in [0.3, 0.4) is 0 Å². The first-order chi connectivity index (χ1) is 16.7. The van der Waals surface area contributed by atoms with Crippen molar-refractivity contribution >= 4 is 17.6 Å². The summed E-state index contributed by atoms with van der Waals surface area (Å²) in [5, 5.41) is 0. The molecule has 0 saturated carbocycles. The number of halogens is 4. The first-order valence-corrected chi connectivity index (χ1v) is 10.9. The zero-order chi connectivity index (χ0) is 25.0. The van der Waals surface area contributed by atoms with Gasteiger partial charge in [-0.15, -0.1) is 13.2 Å². The minimum absolute atomic E-state index is 0.123. The predicted molar refractivity (Wildman–Crippen MR) is 119 cm³/mol. The third-order valence-electron chi connectivity index (χ3n) is 5.68. The summed E-state index contributed by atoms with van der Waals surface area (Å²) in [4.78, 5) is 25.9. The predicted octanol–water partition coefficient (Wildman–Crippen LogP) is 5.95. The van der Waals surface area contributed by atoms with Crippen LogP contribution >= 0.6 is 0 Å². The lowest BCUT2D eigenvalue weighted by Gasteiger charge is -2.47. The van der Waals surface area contributed by atoms with Gasteiger partial charge in [0.05, 0.1) is 12.0 Å². The van der Waals surface area contributed by atoms with Gasteiger partial charge in [-0.3, -0.25) is 9.59 Å². The first-order valence-electron chi connectivity index (χ1n) is 10.9. The minimum atomic E-state index is -5.07. The van der Waals surface area contributed by atoms with E-state index in [9.17, 15) is 27.2 Å². The summed E-state index contributed by atoms with van der Waals surface area (Å²) < 4.78 is 59.5. The SMILES string of the molecule is O=C(CC[C@H]1C(=O)N(c2ccc(F)cc2)[C@@H]1c1ccc(OCc2ccccc2)cc1)OC(F)(F)F. The summed E-state index contributed by atoms with van der Waals surface area (Å²) in [5.41, 5.74) is 2.14. The van der Waals surface area contributed by atoms with Crippen molar-refractivity contribution in [1.82, 2.24) is 0 Å². The van der Waals surface area contributed by atoms with Crippen LogP contribution < -0.4 is 9.64 Å². The van der Waals surface area contributed by atoms with Gasteiger partial charge >= 0.3 is 12.3 Å². The Morgan fingerprint density at radius 2 is 1.57 bits per heavy atom. The van der Waals surface area contributed by atoms with Crippen molar-refractivity contribution in [2.45, 2.75) is 31.9 Å². The molecule has 182 valence electrons. The van der Waals surface area contributed by atoms with Crippen molar-refractivity contribution in [2.24, 2.45) is 5.92 Å². The molecule has 0 radical (unpaired) electrons. The number of alkyl halides is 3. The van der Waals surface area contributed by atoms with Gasteiger partial charge in [-0.05, 0) is 53.9 Å². The van der Waals surface area contributed by atoms with Crippen molar-refractivity contribution < 1.29 is 36.6 Å². The van der Waals surface area contributed by atoms with Gasteiger partial charge < -0.3 is 14.4 Å². The maximum atomic E-state index is 13.4. The van der Waals surface area contributed by atoms with Crippen molar-refractivity contribution in [2.75, 3.05) is 4.90 Å². The highest BCUT2D eigenvalue weighted by Gasteiger charge is 2.49. The monoisotopic (exact) mass is 487 g/mol. The number of hydrogen-bond donors (Lipinski definition) is 0. The molecule has 3 aromatic carbocycles. The third kappa shape index (κ3) is 5.98. The van der Waals surface area contributed by atoms with Crippen LogP contribution in [0.25, 0.3) is 0 Å². The molecule has 3 aromatic rings. The molecule has 0 spiro atoms. The second-order valence-electron chi connectivity index (χ2n) is 8.04. The normalized spacial score (nSPS) is 17.6. The lowest BCUT2D eigenvalue weighted by molar-refractivity contribution is -0.305. The molecule has 1 aliphatic heterocycles. The van der Waals surface area contributed by atoms with E-state index in [4.69, 9.17) is 4.74 Å². The average molecular weight is 487 g/mol. The molecule has 35 heavy (non-hydrogen) atoms. The number of nitrogens with zero attached hydrogens (tertiary/aromatic N) is 1. The number of benzene rings is 3. The van der Waals surface area contributed by atoms with E-state index in [0.29, 0.717) is 23.6 Å². The van der Waals surface area contributed by atoms with Crippen LogP contribution in [-0.4, -0.2) is 18.2 Å². The Morgan fingerprint density at radius 1 is 0.914 bits per heavy atom. The van der Waals surface area contributed by atoms with Gasteiger partial charge in [0, 0.05) is 12.1 Å². The fourth-order valence-electron chi connectivity index (χ4n) is 4.06. The Hall–Kier alpha value is -3.88. The Balaban J connectivity index is 1.50. The van der Waals surface area contributed by atoms with E-state index in [2.05, 4.69) is 4.74 Å². The number of amides is 1. The first kappa shape index (κ1) is 24.3. The zero-order valence-electron chi connectivity index (χ0n) is 18.4. The summed E-state index contributed by atoms with van der Waals surface area (Å²) >= 11 is 0. The molecule has 0 bridgehead atoms. The number of carbonyl (C=O) groups is 2. The van der Waals surface area contributed by atoms with Gasteiger partial charge in [0.15, 0.2) is 0 Å². The van der Waals surface area contributed by atoms with Gasteiger partial charge in [0.25, 0.3) is 0 Å². The fraction of sp³-hybridized carbons (Fsp3) is 0.231. The van der Waals surface area contributed by atoms with E-state index in [-0.39, 0.29) is 12.3 Å². The lowest BCUT2D eigenvalue weighted by Crippen LogP contribution is -2.55. The highest BCUT2D eigenvalue weighted by Crippen LogP contribution is 2.46. The summed E-state index contributed by atoms with van der Waals surface area (Å²) in [6.07, 6.45) is -5.76. The summed E-state index contributed by atoms with van der Waals surface area (Å²) in [6, 6.07) is 21.4. The molecule has 1 heterocycles. The van der Waals surface area contributed by atoms with Crippen LogP contribution in [-0.2, 0) is 20.9 Å². The Morgan fingerprint density at radius 3 is 2.20 bits per heavy atom. The van der Waals surface area contributed by atoms with Crippen molar-refractivity contribution in [3.63, 3.8) is 0 Å². The number of β-lactam (4-membered cyclic amide) rings is 1. The second kappa shape index (κ2) is 10.2. The quantitative estimate of drug-likeness (QED) is 0.224. The molecule has 1 fully saturated rings. The maximum Gasteiger partial charge on any atom is 0.575 e. The molecule has 1 saturated heterocycles. The number of rotatable bonds is 8. The minimum Gasteiger partial charge on any atom is -0.489 e. The summed E-state index contributed by atoms with van der Waals surface area (Å²) in [7, 11) is 0. The van der Waals surface area contributed by atoms with Crippen molar-refractivity contribution in [3.8, 4) is 5.75 Å². The van der Waals surface area contributed by atoms with Crippen LogP contribution in [0, 0.1) is 11.7 Å². The lowest BCUT2D eigenvalue weighted by atomic mass is 9.79. The number of esters is 1. The van der Waals surface area contributed by atoms with E-state index in [0.717, 1.165) is 5.56 Å². The molecule has 0 unspecified atom stereocenters. The molecule has 1 aliphatic rings. The van der Waals surface area contributed by atoms with Gasteiger partial charge in [-0.2, -0.15) is 0 Å². The Kier molecular flexibility index (Phi) is 7.04. The topological polar surface area (TPSA) is 55.8 Å². The molecule has 1 amide bonds. The number of anilines is 1. The van der Waals surface area contributed by atoms with Gasteiger partial charge in [-0.25, -0.2) is 4.39 Å². The molecule has 4 rings (SSSR count). The number of hydrogen-bond acceptors (Lipinski definition) is 4. The van der Waals surface area contributed by atoms with E-state index >= 15 is 0 Å². The van der Waals surface area contributed by atoms with Crippen molar-refractivity contribution in [3.05, 3.63) is 95.8 Å². The van der Waals surface area contributed by atoms with Gasteiger partial charge in [0.1, 0.15) is 18.2 Å². The van der Waals surface area contributed by atoms with E-state index < -0.39 is 36.5 Å². The molecule has 0 N–H and O–H groups in total. The summed E-state index contributed by atoms with van der Waals surface area (Å²) in [5.74, 6) is -2.43. The van der Waals surface area contributed by atoms with Crippen LogP contribution in [0.5, 0.6) is 5.75 Å². The van der Waals surface area contributed by atoms with E-state index in [1.165, 1.54) is 29.2 Å². The van der Waals surface area contributed by atoms with Crippen LogP contribution in [0.1, 0.15) is 30.0 Å². The largest absolute Gasteiger partial charge is 0.575 e. The molecular weight excluding hydrogens is 466 g/mol. The standard InChI is InChI=1S/C26H21F4NO4/c27-19-8-10-20(11-9-19)31-24(22(25(31)33)14-15-23(32)35-26(28,29)30)18-6-12-21(13-7-18)34-16-17-4-2-1-3-5-17/h1-13,22,24H,14-16H2/t22-,24-/m1/s1. The number of ether oxygens (including phenoxy) is 2. The zero-order valence-corrected chi connectivity index (χ0v) is 18.4. The maximum absolute atomic E-state index is 13.4. The van der Waals surface area contributed by atoms with Gasteiger partial charge in [-0.1, -0.05) is 42.5 Å². The molecule has 2 atom stereocenters. The van der Waals surface area contributed by atoms with Crippen molar-refractivity contribution in [1.29, 1.82) is 0 Å². The summed E-state index contributed by atoms with van der Waals surface area (Å²) in [6.45, 7) is 0.369. The Labute approximate surface area is 198 Å². The smallest absolute Gasteiger partial charge is 0.489 e. The Bertz CT molecular complexity index is 1160. The fourth-order valence-corrected chi connectivity index (χ4v) is 4.06. The molecule has 0 aromatic heterocycles. The third-order valence-corrected chi connectivity index (χ3v) is 5.68. The van der Waals surface area contributed by atoms with Crippen LogP contribution in [0.2, 0.25) is 0 Å². The highest BCUT2D eigenvalue weighted by molar-refractivity contribution is 6.03. The van der Waals surface area contributed by atoms with E-state index in [1.807, 2.05) is 30.3 Å². The molecule has 9 heteroatoms. The highest BCUT2D eigenvalue weighted by atomic mass is 19.4. The molecular formula is C26H21F4NO4. The number of carbonyl (C=O) groups excluding carboxylic acids is 2. The van der Waals surface area contributed by atoms with Crippen LogP contribution in [0.15, 0.2) is 78.9 Å².